The van der Waals surface area contributed by atoms with E-state index in [1.807, 2.05) is 30.3 Å². The van der Waals surface area contributed by atoms with Crippen LogP contribution in [0.3, 0.4) is 0 Å². The van der Waals surface area contributed by atoms with Gasteiger partial charge in [-0.25, -0.2) is 0 Å². The quantitative estimate of drug-likeness (QED) is 0.487. The molecular formula is C18H20O4. The maximum Gasteiger partial charge on any atom is 0.329 e. The second-order valence-corrected chi connectivity index (χ2v) is 6.30. The minimum atomic E-state index is -1.36. The second kappa shape index (κ2) is 5.82. The van der Waals surface area contributed by atoms with Gasteiger partial charge in [0.15, 0.2) is 5.41 Å². The van der Waals surface area contributed by atoms with Crippen LogP contribution < -0.4 is 0 Å². The van der Waals surface area contributed by atoms with Gasteiger partial charge in [0.1, 0.15) is 12.2 Å². The van der Waals surface area contributed by atoms with Gasteiger partial charge in [-0.2, -0.15) is 0 Å². The molecule has 1 saturated carbocycles. The topological polar surface area (TPSA) is 52.6 Å². The van der Waals surface area contributed by atoms with E-state index < -0.39 is 23.0 Å². The highest BCUT2D eigenvalue weighted by Gasteiger charge is 2.65. The molecule has 4 nitrogen and oxygen atoms in total. The monoisotopic (exact) mass is 300 g/mol. The molecule has 2 rings (SSSR count). The number of carbonyl (C=O) groups is 2. The molecule has 116 valence electrons. The summed E-state index contributed by atoms with van der Waals surface area (Å²) in [4.78, 5) is 24.7. The average molecular weight is 300 g/mol. The van der Waals surface area contributed by atoms with E-state index in [9.17, 15) is 9.59 Å². The van der Waals surface area contributed by atoms with Crippen molar-refractivity contribution >= 4 is 11.9 Å². The molecule has 0 aliphatic heterocycles. The lowest BCUT2D eigenvalue weighted by atomic mass is 10.1. The minimum Gasteiger partial charge on any atom is -0.460 e. The third-order valence-corrected chi connectivity index (χ3v) is 3.35. The highest BCUT2D eigenvalue weighted by Crippen LogP contribution is 2.54. The van der Waals surface area contributed by atoms with Crippen LogP contribution in [0.5, 0.6) is 0 Å². The molecule has 0 amide bonds. The number of ether oxygens (including phenoxy) is 2. The maximum atomic E-state index is 12.4. The zero-order valence-electron chi connectivity index (χ0n) is 13.1. The molecule has 1 aromatic carbocycles. The van der Waals surface area contributed by atoms with E-state index in [1.54, 1.807) is 20.8 Å². The van der Waals surface area contributed by atoms with Gasteiger partial charge in [-0.15, -0.1) is 5.73 Å². The van der Waals surface area contributed by atoms with Gasteiger partial charge in [-0.1, -0.05) is 36.9 Å². The molecule has 0 bridgehead atoms. The second-order valence-electron chi connectivity index (χ2n) is 6.30. The summed E-state index contributed by atoms with van der Waals surface area (Å²) < 4.78 is 10.6. The van der Waals surface area contributed by atoms with Crippen LogP contribution in [0.4, 0.5) is 0 Å². The van der Waals surface area contributed by atoms with Crippen LogP contribution in [0.15, 0.2) is 48.2 Å². The fraction of sp³-hybridized carbons (Fsp3) is 0.389. The lowest BCUT2D eigenvalue weighted by Crippen LogP contribution is -2.35. The molecule has 0 N–H and O–H groups in total. The number of esters is 2. The Morgan fingerprint density at radius 1 is 1.23 bits per heavy atom. The van der Waals surface area contributed by atoms with Crippen molar-refractivity contribution in [3.63, 3.8) is 0 Å². The summed E-state index contributed by atoms with van der Waals surface area (Å²) in [5.74, 6) is -1.19. The van der Waals surface area contributed by atoms with Gasteiger partial charge in [-0.05, 0) is 26.3 Å². The van der Waals surface area contributed by atoms with E-state index in [-0.39, 0.29) is 13.0 Å². The first-order valence-corrected chi connectivity index (χ1v) is 7.13. The normalized spacial score (nSPS) is 20.0. The Balaban J connectivity index is 2.10. The van der Waals surface area contributed by atoms with Crippen LogP contribution in [-0.4, -0.2) is 17.5 Å². The van der Waals surface area contributed by atoms with Crippen LogP contribution in [0.25, 0.3) is 0 Å². The zero-order chi connectivity index (χ0) is 16.4. The summed E-state index contributed by atoms with van der Waals surface area (Å²) >= 11 is 0. The van der Waals surface area contributed by atoms with Crippen LogP contribution in [0.2, 0.25) is 0 Å². The standard InChI is InChI=1S/C18H20O4/c1-5-14-11-18(14,16(20)22-17(2,3)4)15(19)21-12-13-9-7-6-8-10-13/h6-10H,1,11-12H2,2-4H3. The molecule has 4 heteroatoms. The predicted molar refractivity (Wildman–Crippen MR) is 81.8 cm³/mol. The Labute approximate surface area is 130 Å². The van der Waals surface area contributed by atoms with Crippen molar-refractivity contribution in [2.45, 2.75) is 39.4 Å². The molecule has 22 heavy (non-hydrogen) atoms. The first-order valence-electron chi connectivity index (χ1n) is 7.13. The summed E-state index contributed by atoms with van der Waals surface area (Å²) in [5, 5.41) is 0. The molecule has 0 radical (unpaired) electrons. The number of rotatable bonds is 4. The van der Waals surface area contributed by atoms with Crippen molar-refractivity contribution in [3.8, 4) is 0 Å². The van der Waals surface area contributed by atoms with E-state index in [2.05, 4.69) is 12.3 Å². The van der Waals surface area contributed by atoms with Crippen molar-refractivity contribution in [3.05, 3.63) is 53.8 Å². The van der Waals surface area contributed by atoms with Crippen molar-refractivity contribution in [2.24, 2.45) is 5.41 Å². The van der Waals surface area contributed by atoms with Gasteiger partial charge in [0.25, 0.3) is 0 Å². The Morgan fingerprint density at radius 3 is 2.36 bits per heavy atom. The first-order chi connectivity index (χ1) is 10.3. The fourth-order valence-electron chi connectivity index (χ4n) is 2.12. The lowest BCUT2D eigenvalue weighted by Gasteiger charge is -2.22. The van der Waals surface area contributed by atoms with Crippen LogP contribution in [0.1, 0.15) is 32.8 Å². The van der Waals surface area contributed by atoms with Gasteiger partial charge in [0.2, 0.25) is 0 Å². The van der Waals surface area contributed by atoms with Crippen molar-refractivity contribution in [1.82, 2.24) is 0 Å². The molecule has 1 aromatic rings. The summed E-state index contributed by atoms with van der Waals surface area (Å²) in [6.45, 7) is 8.91. The number of hydrogen-bond acceptors (Lipinski definition) is 4. The molecule has 0 spiro atoms. The molecule has 1 unspecified atom stereocenters. The number of benzene rings is 1. The van der Waals surface area contributed by atoms with Crippen molar-refractivity contribution in [1.29, 1.82) is 0 Å². The molecule has 0 aromatic heterocycles. The summed E-state index contributed by atoms with van der Waals surface area (Å²) in [6, 6.07) is 9.31. The molecular weight excluding hydrogens is 280 g/mol. The SMILES string of the molecule is C=C=C1CC1(C(=O)OCc1ccccc1)C(=O)OC(C)(C)C. The highest BCUT2D eigenvalue weighted by molar-refractivity contribution is 6.08. The Morgan fingerprint density at radius 2 is 1.86 bits per heavy atom. The largest absolute Gasteiger partial charge is 0.460 e. The average Bonchev–Trinajstić information content (AvgIpc) is 3.20. The third-order valence-electron chi connectivity index (χ3n) is 3.35. The van der Waals surface area contributed by atoms with Gasteiger partial charge in [-0.3, -0.25) is 9.59 Å². The smallest absolute Gasteiger partial charge is 0.329 e. The number of carbonyl (C=O) groups excluding carboxylic acids is 2. The van der Waals surface area contributed by atoms with E-state index in [0.717, 1.165) is 5.56 Å². The fourth-order valence-corrected chi connectivity index (χ4v) is 2.12. The minimum absolute atomic E-state index is 0.120. The lowest BCUT2D eigenvalue weighted by molar-refractivity contribution is -0.171. The summed E-state index contributed by atoms with van der Waals surface area (Å²) in [7, 11) is 0. The summed E-state index contributed by atoms with van der Waals surface area (Å²) in [6.07, 6.45) is 0.263. The van der Waals surface area contributed by atoms with E-state index in [0.29, 0.717) is 5.57 Å². The molecule has 1 aliphatic rings. The Hall–Kier alpha value is -2.32. The molecule has 1 atom stereocenters. The van der Waals surface area contributed by atoms with Gasteiger partial charge in [0.05, 0.1) is 0 Å². The van der Waals surface area contributed by atoms with E-state index >= 15 is 0 Å². The predicted octanol–water partition coefficient (Wildman–Crippen LogP) is 3.17. The summed E-state index contributed by atoms with van der Waals surface area (Å²) in [5.41, 5.74) is 2.00. The molecule has 0 heterocycles. The molecule has 1 aliphatic carbocycles. The van der Waals surface area contributed by atoms with Gasteiger partial charge >= 0.3 is 11.9 Å². The number of hydrogen-bond donors (Lipinski definition) is 0. The van der Waals surface area contributed by atoms with Gasteiger partial charge in [0, 0.05) is 12.0 Å². The zero-order valence-corrected chi connectivity index (χ0v) is 13.1. The Bertz CT molecular complexity index is 633. The maximum absolute atomic E-state index is 12.4. The van der Waals surface area contributed by atoms with Crippen LogP contribution in [-0.2, 0) is 25.7 Å². The first kappa shape index (κ1) is 16.1. The van der Waals surface area contributed by atoms with Crippen molar-refractivity contribution < 1.29 is 19.1 Å². The Kier molecular flexibility index (Phi) is 4.25. The highest BCUT2D eigenvalue weighted by atomic mass is 16.6. The van der Waals surface area contributed by atoms with Crippen LogP contribution in [0, 0.1) is 5.41 Å². The third kappa shape index (κ3) is 3.29. The van der Waals surface area contributed by atoms with Crippen LogP contribution >= 0.6 is 0 Å². The molecule has 1 fully saturated rings. The van der Waals surface area contributed by atoms with Crippen molar-refractivity contribution in [2.75, 3.05) is 0 Å². The van der Waals surface area contributed by atoms with E-state index in [4.69, 9.17) is 9.47 Å². The molecule has 0 saturated heterocycles. The van der Waals surface area contributed by atoms with E-state index in [1.165, 1.54) is 0 Å². The van der Waals surface area contributed by atoms with Gasteiger partial charge < -0.3 is 9.47 Å².